The van der Waals surface area contributed by atoms with E-state index in [1.807, 2.05) is 65.4 Å². The van der Waals surface area contributed by atoms with Crippen molar-refractivity contribution in [1.29, 1.82) is 0 Å². The average molecular weight is 458 g/mol. The Bertz CT molecular complexity index is 653. The van der Waals surface area contributed by atoms with Crippen LogP contribution in [-0.2, 0) is 11.3 Å². The minimum Gasteiger partial charge on any atom is -0.491 e. The van der Waals surface area contributed by atoms with Crippen LogP contribution in [0.5, 0.6) is 5.75 Å². The van der Waals surface area contributed by atoms with Gasteiger partial charge in [-0.2, -0.15) is 0 Å². The Kier molecular flexibility index (Phi) is 11.4. The second-order valence-corrected chi connectivity index (χ2v) is 6.01. The molecule has 0 unspecified atom stereocenters. The van der Waals surface area contributed by atoms with E-state index in [2.05, 4.69) is 11.2 Å². The lowest BCUT2D eigenvalue weighted by Crippen LogP contribution is -2.07. The maximum absolute atomic E-state index is 13.5. The molecule has 0 spiro atoms. The smallest absolute Gasteiger partial charge is 0.139 e. The van der Waals surface area contributed by atoms with Crippen LogP contribution in [0, 0.1) is 17.0 Å². The summed E-state index contributed by atoms with van der Waals surface area (Å²) in [5.74, 6) is 2.99. The lowest BCUT2D eigenvalue weighted by Gasteiger charge is -2.08. The van der Waals surface area contributed by atoms with Gasteiger partial charge >= 0.3 is 0 Å². The molecule has 2 nitrogen and oxygen atoms in total. The quantitative estimate of drug-likeness (QED) is 0.308. The van der Waals surface area contributed by atoms with Gasteiger partial charge in [-0.3, -0.25) is 0 Å². The highest BCUT2D eigenvalue weighted by atomic mass is 127. The average Bonchev–Trinajstić information content (AvgIpc) is 2.64. The van der Waals surface area contributed by atoms with Crippen LogP contribution in [0.25, 0.3) is 0 Å². The van der Waals surface area contributed by atoms with Crippen LogP contribution in [0.2, 0.25) is 0 Å². The van der Waals surface area contributed by atoms with Crippen LogP contribution >= 0.6 is 30.1 Å². The van der Waals surface area contributed by atoms with Crippen molar-refractivity contribution in [3.63, 3.8) is 0 Å². The van der Waals surface area contributed by atoms with E-state index in [4.69, 9.17) is 9.47 Å². The van der Waals surface area contributed by atoms with Crippen LogP contribution in [-0.4, -0.2) is 13.2 Å². The summed E-state index contributed by atoms with van der Waals surface area (Å²) in [6.07, 6.45) is 0. The highest BCUT2D eigenvalue weighted by molar-refractivity contribution is 14.2. The molecule has 0 bridgehead atoms. The molecule has 0 heterocycles. The van der Waals surface area contributed by atoms with E-state index >= 15 is 0 Å². The van der Waals surface area contributed by atoms with E-state index in [0.29, 0.717) is 31.1 Å². The summed E-state index contributed by atoms with van der Waals surface area (Å²) in [6, 6.07) is 14.5. The van der Waals surface area contributed by atoms with E-state index in [1.54, 1.807) is 12.1 Å². The predicted molar refractivity (Wildman–Crippen MR) is 108 cm³/mol. The molecule has 128 valence electrons. The molecule has 0 fully saturated rings. The Balaban J connectivity index is 0.00000139. The molecule has 0 saturated heterocycles. The fourth-order valence-corrected chi connectivity index (χ4v) is 2.23. The predicted octanol–water partition coefficient (Wildman–Crippen LogP) is 5.84. The van der Waals surface area contributed by atoms with Crippen molar-refractivity contribution in [2.45, 2.75) is 20.5 Å². The first kappa shape index (κ1) is 20.8. The largest absolute Gasteiger partial charge is 0.491 e. The molecule has 2 aromatic rings. The molecule has 0 N–H and O–H groups in total. The highest BCUT2D eigenvalue weighted by Crippen LogP contribution is 2.17. The van der Waals surface area contributed by atoms with Crippen LogP contribution in [0.3, 0.4) is 0 Å². The third kappa shape index (κ3) is 8.04. The lowest BCUT2D eigenvalue weighted by molar-refractivity contribution is 0.0889. The van der Waals surface area contributed by atoms with E-state index in [9.17, 15) is 4.39 Å². The highest BCUT2D eigenvalue weighted by Gasteiger charge is 2.02. The third-order valence-electron chi connectivity index (χ3n) is 2.77. The molecule has 0 aliphatic rings. The number of rotatable bonds is 6. The lowest BCUT2D eigenvalue weighted by atomic mass is 10.2. The number of hydrogen-bond donors (Lipinski definition) is 0. The first-order valence-electron chi connectivity index (χ1n) is 7.62. The zero-order valence-electron chi connectivity index (χ0n) is 13.7. The van der Waals surface area contributed by atoms with Crippen molar-refractivity contribution in [1.82, 2.24) is 0 Å². The number of benzene rings is 2. The summed E-state index contributed by atoms with van der Waals surface area (Å²) < 4.78 is 24.6. The Hall–Kier alpha value is -1.23. The summed E-state index contributed by atoms with van der Waals surface area (Å²) in [6.45, 7) is 5.43. The summed E-state index contributed by atoms with van der Waals surface area (Å²) in [5, 5.41) is 2.76. The van der Waals surface area contributed by atoms with Gasteiger partial charge in [-0.1, -0.05) is 50.1 Å². The normalized spacial score (nSPS) is 9.33. The first-order valence-corrected chi connectivity index (χ1v) is 11.0. The molecule has 0 aliphatic carbocycles. The van der Waals surface area contributed by atoms with Gasteiger partial charge in [0.05, 0.1) is 18.8 Å². The van der Waals surface area contributed by atoms with Gasteiger partial charge in [-0.05, 0) is 37.9 Å². The van der Waals surface area contributed by atoms with Crippen LogP contribution < -0.4 is 4.74 Å². The molecule has 5 heteroatoms. The second kappa shape index (κ2) is 13.1. The molecule has 0 aromatic heterocycles. The van der Waals surface area contributed by atoms with E-state index in [0.717, 1.165) is 5.56 Å². The zero-order chi connectivity index (χ0) is 17.6. The SMILES string of the molecule is CC.Fc1ccc(OCCOCc2ccccc2)cc1C#CSI. The minimum absolute atomic E-state index is 0.340. The van der Waals surface area contributed by atoms with E-state index in [-0.39, 0.29) is 5.82 Å². The fraction of sp³-hybridized carbons (Fsp3) is 0.263. The Morgan fingerprint density at radius 3 is 2.54 bits per heavy atom. The number of halogens is 2. The van der Waals surface area contributed by atoms with Gasteiger partial charge in [0.25, 0.3) is 0 Å². The van der Waals surface area contributed by atoms with Crippen molar-refractivity contribution < 1.29 is 13.9 Å². The van der Waals surface area contributed by atoms with Gasteiger partial charge in [0.2, 0.25) is 0 Å². The van der Waals surface area contributed by atoms with Crippen LogP contribution in [0.4, 0.5) is 4.39 Å². The summed E-state index contributed by atoms with van der Waals surface area (Å²) in [7, 11) is 1.31. The van der Waals surface area contributed by atoms with Crippen molar-refractivity contribution >= 4 is 30.1 Å². The number of ether oxygens (including phenoxy) is 2. The topological polar surface area (TPSA) is 18.5 Å². The summed E-state index contributed by atoms with van der Waals surface area (Å²) >= 11 is 2.04. The third-order valence-corrected chi connectivity index (χ3v) is 3.61. The van der Waals surface area contributed by atoms with Gasteiger partial charge in [0, 0.05) is 21.2 Å². The maximum atomic E-state index is 13.5. The first-order chi connectivity index (χ1) is 11.8. The molecule has 0 saturated carbocycles. The van der Waals surface area contributed by atoms with Crippen molar-refractivity contribution in [3.8, 4) is 16.9 Å². The Morgan fingerprint density at radius 1 is 1.08 bits per heavy atom. The van der Waals surface area contributed by atoms with Crippen LogP contribution in [0.1, 0.15) is 25.0 Å². The maximum Gasteiger partial charge on any atom is 0.139 e. The van der Waals surface area contributed by atoms with Crippen molar-refractivity contribution in [2.75, 3.05) is 13.2 Å². The molecular weight excluding hydrogens is 438 g/mol. The van der Waals surface area contributed by atoms with E-state index in [1.165, 1.54) is 15.0 Å². The van der Waals surface area contributed by atoms with Crippen molar-refractivity contribution in [2.24, 2.45) is 0 Å². The van der Waals surface area contributed by atoms with Gasteiger partial charge in [0.1, 0.15) is 18.2 Å². The molecular formula is C19H20FIO2S. The summed E-state index contributed by atoms with van der Waals surface area (Å²) in [4.78, 5) is 0. The van der Waals surface area contributed by atoms with Gasteiger partial charge in [-0.15, -0.1) is 0 Å². The van der Waals surface area contributed by atoms with Gasteiger partial charge < -0.3 is 9.47 Å². The molecule has 2 aromatic carbocycles. The standard InChI is InChI=1S/C17H14FIO2S.C2H6/c18-17-7-6-16(12-15(17)8-11-22-19)21-10-9-20-13-14-4-2-1-3-5-14;1-2/h1-7,12H,9-10,13H2;1-2H3. The second-order valence-electron chi connectivity index (χ2n) is 4.33. The summed E-state index contributed by atoms with van der Waals surface area (Å²) in [5.41, 5.74) is 1.46. The van der Waals surface area contributed by atoms with Crippen molar-refractivity contribution in [3.05, 3.63) is 65.5 Å². The fourth-order valence-electron chi connectivity index (χ4n) is 1.75. The van der Waals surface area contributed by atoms with Gasteiger partial charge in [-0.25, -0.2) is 4.39 Å². The van der Waals surface area contributed by atoms with E-state index < -0.39 is 0 Å². The zero-order valence-corrected chi connectivity index (χ0v) is 16.7. The molecule has 2 rings (SSSR count). The molecule has 0 radical (unpaired) electrons. The Labute approximate surface area is 159 Å². The monoisotopic (exact) mass is 458 g/mol. The van der Waals surface area contributed by atoms with Crippen LogP contribution in [0.15, 0.2) is 48.5 Å². The molecule has 24 heavy (non-hydrogen) atoms. The molecule has 0 aliphatic heterocycles. The molecule has 0 amide bonds. The number of hydrogen-bond acceptors (Lipinski definition) is 3. The van der Waals surface area contributed by atoms with Gasteiger partial charge in [0.15, 0.2) is 0 Å². The molecule has 0 atom stereocenters. The minimum atomic E-state index is -0.342. The Morgan fingerprint density at radius 2 is 1.83 bits per heavy atom.